The number of H-pyrrole nitrogens is 1. The molecular weight excluding hydrogens is 344 g/mol. The highest BCUT2D eigenvalue weighted by molar-refractivity contribution is 5.99. The number of fused-ring (bicyclic) bond motifs is 2. The van der Waals surface area contributed by atoms with E-state index in [0.29, 0.717) is 0 Å². The van der Waals surface area contributed by atoms with Crippen LogP contribution in [0.4, 0.5) is 5.69 Å². The molecule has 0 fully saturated rings. The molecule has 0 saturated heterocycles. The summed E-state index contributed by atoms with van der Waals surface area (Å²) in [4.78, 5) is 12.7. The first kappa shape index (κ1) is 16.5. The van der Waals surface area contributed by atoms with Crippen LogP contribution in [-0.4, -0.2) is 20.7 Å². The molecule has 0 aliphatic heterocycles. The fourth-order valence-electron chi connectivity index (χ4n) is 3.63. The van der Waals surface area contributed by atoms with E-state index >= 15 is 0 Å². The lowest BCUT2D eigenvalue weighted by molar-refractivity contribution is 0.786. The minimum atomic E-state index is 0.821. The molecule has 2 heterocycles. The lowest BCUT2D eigenvalue weighted by Gasteiger charge is -2.07. The van der Waals surface area contributed by atoms with Crippen molar-refractivity contribution in [2.75, 3.05) is 0 Å². The molecule has 0 aliphatic carbocycles. The number of aliphatic imine (C=N–C) groups is 1. The van der Waals surface area contributed by atoms with E-state index in [1.807, 2.05) is 30.6 Å². The van der Waals surface area contributed by atoms with Crippen molar-refractivity contribution in [3.63, 3.8) is 0 Å². The fourth-order valence-corrected chi connectivity index (χ4v) is 3.63. The summed E-state index contributed by atoms with van der Waals surface area (Å²) in [6.07, 6.45) is 3.90. The van der Waals surface area contributed by atoms with Gasteiger partial charge in [0.2, 0.25) is 0 Å². The number of benzene rings is 3. The maximum atomic E-state index is 4.75. The maximum Gasteiger partial charge on any atom is 0.107 e. The molecule has 3 aromatic carbocycles. The molecule has 0 atom stereocenters. The van der Waals surface area contributed by atoms with Gasteiger partial charge in [-0.2, -0.15) is 0 Å². The molecule has 0 spiro atoms. The molecular formula is C24H20N4. The number of para-hydroxylation sites is 1. The first-order chi connectivity index (χ1) is 13.8. The summed E-state index contributed by atoms with van der Waals surface area (Å²) >= 11 is 0. The average molecular weight is 364 g/mol. The SMILES string of the molecule is Cc1nc2cc(N=Cc3c[nH]c4ccccc34)ccc2n1Cc1ccccc1. The predicted octanol–water partition coefficient (Wildman–Crippen LogP) is 5.62. The first-order valence-corrected chi connectivity index (χ1v) is 9.39. The first-order valence-electron chi connectivity index (χ1n) is 9.39. The Labute approximate surface area is 163 Å². The standard InChI is InChI=1S/C24H20N4/c1-17-27-23-13-20(25-14-19-15-26-22-10-6-5-9-21(19)22)11-12-24(23)28(17)16-18-7-3-2-4-8-18/h2-15,26H,16H2,1H3. The van der Waals surface area contributed by atoms with Crippen molar-refractivity contribution in [3.8, 4) is 0 Å². The molecule has 1 N–H and O–H groups in total. The molecule has 28 heavy (non-hydrogen) atoms. The van der Waals surface area contributed by atoms with Crippen molar-refractivity contribution in [3.05, 3.63) is 95.9 Å². The number of aromatic nitrogens is 3. The van der Waals surface area contributed by atoms with Gasteiger partial charge in [-0.15, -0.1) is 0 Å². The van der Waals surface area contributed by atoms with E-state index in [1.54, 1.807) is 0 Å². The number of aryl methyl sites for hydroxylation is 1. The van der Waals surface area contributed by atoms with Crippen molar-refractivity contribution < 1.29 is 0 Å². The Morgan fingerprint density at radius 2 is 1.82 bits per heavy atom. The van der Waals surface area contributed by atoms with Gasteiger partial charge in [0.05, 0.1) is 16.7 Å². The minimum Gasteiger partial charge on any atom is -0.361 e. The summed E-state index contributed by atoms with van der Waals surface area (Å²) in [5, 5.41) is 1.18. The molecule has 0 unspecified atom stereocenters. The summed E-state index contributed by atoms with van der Waals surface area (Å²) in [7, 11) is 0. The molecule has 0 bridgehead atoms. The molecule has 5 aromatic rings. The smallest absolute Gasteiger partial charge is 0.107 e. The van der Waals surface area contributed by atoms with Crippen LogP contribution in [0.5, 0.6) is 0 Å². The number of hydrogen-bond acceptors (Lipinski definition) is 2. The highest BCUT2D eigenvalue weighted by Crippen LogP contribution is 2.24. The van der Waals surface area contributed by atoms with E-state index in [1.165, 1.54) is 10.9 Å². The second-order valence-corrected chi connectivity index (χ2v) is 6.95. The zero-order chi connectivity index (χ0) is 18.9. The number of hydrogen-bond donors (Lipinski definition) is 1. The van der Waals surface area contributed by atoms with E-state index < -0.39 is 0 Å². The Hall–Kier alpha value is -3.66. The van der Waals surface area contributed by atoms with Gasteiger partial charge in [0.25, 0.3) is 0 Å². The number of aromatic amines is 1. The average Bonchev–Trinajstić information content (AvgIpc) is 3.28. The van der Waals surface area contributed by atoms with E-state index in [4.69, 9.17) is 4.98 Å². The van der Waals surface area contributed by atoms with E-state index in [9.17, 15) is 0 Å². The van der Waals surface area contributed by atoms with Crippen molar-refractivity contribution in [1.82, 2.24) is 14.5 Å². The Morgan fingerprint density at radius 3 is 2.71 bits per heavy atom. The van der Waals surface area contributed by atoms with Crippen LogP contribution in [0.1, 0.15) is 17.0 Å². The molecule has 0 aliphatic rings. The predicted molar refractivity (Wildman–Crippen MR) is 116 cm³/mol. The zero-order valence-electron chi connectivity index (χ0n) is 15.6. The van der Waals surface area contributed by atoms with Gasteiger partial charge in [0.15, 0.2) is 0 Å². The normalized spacial score (nSPS) is 11.8. The Bertz CT molecular complexity index is 1290. The van der Waals surface area contributed by atoms with Crippen molar-refractivity contribution in [2.45, 2.75) is 13.5 Å². The number of imidazole rings is 1. The largest absolute Gasteiger partial charge is 0.361 e. The maximum absolute atomic E-state index is 4.75. The van der Waals surface area contributed by atoms with Gasteiger partial charge in [-0.25, -0.2) is 4.98 Å². The monoisotopic (exact) mass is 364 g/mol. The van der Waals surface area contributed by atoms with Crippen LogP contribution in [0.15, 0.2) is 84.0 Å². The lowest BCUT2D eigenvalue weighted by Crippen LogP contribution is -2.01. The molecule has 136 valence electrons. The number of nitrogens with one attached hydrogen (secondary N) is 1. The van der Waals surface area contributed by atoms with Crippen LogP contribution in [0, 0.1) is 6.92 Å². The van der Waals surface area contributed by atoms with E-state index in [-0.39, 0.29) is 0 Å². The quantitative estimate of drug-likeness (QED) is 0.413. The summed E-state index contributed by atoms with van der Waals surface area (Å²) in [5.74, 6) is 1.01. The Balaban J connectivity index is 1.47. The van der Waals surface area contributed by atoms with Gasteiger partial charge < -0.3 is 9.55 Å². The third kappa shape index (κ3) is 2.99. The highest BCUT2D eigenvalue weighted by Gasteiger charge is 2.08. The molecule has 0 amide bonds. The Morgan fingerprint density at radius 1 is 1.00 bits per heavy atom. The second-order valence-electron chi connectivity index (χ2n) is 6.95. The summed E-state index contributed by atoms with van der Waals surface area (Å²) in [6.45, 7) is 2.87. The zero-order valence-corrected chi connectivity index (χ0v) is 15.6. The van der Waals surface area contributed by atoms with Gasteiger partial charge in [0, 0.05) is 35.4 Å². The van der Waals surface area contributed by atoms with Gasteiger partial charge >= 0.3 is 0 Å². The van der Waals surface area contributed by atoms with Gasteiger partial charge in [-0.3, -0.25) is 4.99 Å². The van der Waals surface area contributed by atoms with Crippen molar-refractivity contribution in [2.24, 2.45) is 4.99 Å². The Kier molecular flexibility index (Phi) is 4.02. The molecule has 0 radical (unpaired) electrons. The van der Waals surface area contributed by atoms with Crippen LogP contribution in [0.25, 0.3) is 21.9 Å². The number of rotatable bonds is 4. The second kappa shape index (κ2) is 6.82. The molecule has 0 saturated carbocycles. The third-order valence-corrected chi connectivity index (χ3v) is 5.08. The van der Waals surface area contributed by atoms with Crippen LogP contribution < -0.4 is 0 Å². The molecule has 4 nitrogen and oxygen atoms in total. The van der Waals surface area contributed by atoms with Crippen LogP contribution in [0.2, 0.25) is 0 Å². The topological polar surface area (TPSA) is 46.0 Å². The third-order valence-electron chi connectivity index (χ3n) is 5.08. The van der Waals surface area contributed by atoms with Crippen LogP contribution in [0.3, 0.4) is 0 Å². The molecule has 4 heteroatoms. The lowest BCUT2D eigenvalue weighted by atomic mass is 10.2. The summed E-state index contributed by atoms with van der Waals surface area (Å²) in [5.41, 5.74) is 6.49. The van der Waals surface area contributed by atoms with Gasteiger partial charge in [-0.1, -0.05) is 48.5 Å². The summed E-state index contributed by atoms with van der Waals surface area (Å²) in [6, 6.07) is 24.9. The van der Waals surface area contributed by atoms with Crippen LogP contribution in [-0.2, 0) is 6.54 Å². The van der Waals surface area contributed by atoms with E-state index in [0.717, 1.165) is 40.2 Å². The molecule has 2 aromatic heterocycles. The fraction of sp³-hybridized carbons (Fsp3) is 0.0833. The van der Waals surface area contributed by atoms with E-state index in [2.05, 4.69) is 76.1 Å². The molecule has 5 rings (SSSR count). The minimum absolute atomic E-state index is 0.821. The van der Waals surface area contributed by atoms with Gasteiger partial charge in [0.1, 0.15) is 5.82 Å². The highest BCUT2D eigenvalue weighted by atomic mass is 15.1. The van der Waals surface area contributed by atoms with Crippen LogP contribution >= 0.6 is 0 Å². The van der Waals surface area contributed by atoms with Crippen molar-refractivity contribution >= 4 is 33.8 Å². The summed E-state index contributed by atoms with van der Waals surface area (Å²) < 4.78 is 2.25. The number of nitrogens with zero attached hydrogens (tertiary/aromatic N) is 3. The van der Waals surface area contributed by atoms with Crippen molar-refractivity contribution in [1.29, 1.82) is 0 Å². The van der Waals surface area contributed by atoms with Gasteiger partial charge in [-0.05, 0) is 36.8 Å².